The minimum atomic E-state index is -3.94. The second-order valence-electron chi connectivity index (χ2n) is 15.0. The van der Waals surface area contributed by atoms with Crippen molar-refractivity contribution in [1.82, 2.24) is 35.2 Å². The lowest BCUT2D eigenvalue weighted by molar-refractivity contribution is -0.142. The topological polar surface area (TPSA) is 190 Å². The zero-order valence-corrected chi connectivity index (χ0v) is 31.7. The van der Waals surface area contributed by atoms with Crippen molar-refractivity contribution in [2.24, 2.45) is 5.92 Å². The number of carbonyl (C=O) groups excluding carboxylic acids is 4. The number of para-hydroxylation sites is 1. The molecule has 2 aromatic heterocycles. The van der Waals surface area contributed by atoms with E-state index in [1.807, 2.05) is 60.7 Å². The third-order valence-electron chi connectivity index (χ3n) is 11.0. The molecule has 1 unspecified atom stereocenters. The Labute approximate surface area is 324 Å². The Morgan fingerprint density at radius 1 is 0.929 bits per heavy atom. The van der Waals surface area contributed by atoms with Crippen molar-refractivity contribution in [3.05, 3.63) is 96.6 Å². The molecule has 0 bridgehead atoms. The molecule has 8 rings (SSSR count). The number of nitrogens with zero attached hydrogens (tertiary/aromatic N) is 4. The Balaban J connectivity index is 1.14. The number of ether oxygens (including phenoxy) is 1. The number of fused-ring (bicyclic) bond motifs is 5. The average Bonchev–Trinajstić information content (AvgIpc) is 3.97. The number of hydrogen-bond acceptors (Lipinski definition) is 10. The highest BCUT2D eigenvalue weighted by Crippen LogP contribution is 2.37. The summed E-state index contributed by atoms with van der Waals surface area (Å²) < 4.78 is 34.7. The fourth-order valence-corrected chi connectivity index (χ4v) is 9.06. The SMILES string of the molecule is Cc1cnc(C(=O)N[C@H]2CCCCC/C=C\C3C=C[C@@]3(C(=O)NS(=O)(=O)C3CC3)NC(=O)[C@@H]3C[C@@H](Oc4nc5ccccc5c5ccccc45)CN3C2=O)cn1. The Morgan fingerprint density at radius 2 is 1.70 bits per heavy atom. The summed E-state index contributed by atoms with van der Waals surface area (Å²) in [5.74, 6) is -2.88. The number of sulfonamides is 1. The van der Waals surface area contributed by atoms with Gasteiger partial charge in [0.15, 0.2) is 0 Å². The van der Waals surface area contributed by atoms with Crippen molar-refractivity contribution in [3.8, 4) is 5.88 Å². The van der Waals surface area contributed by atoms with Crippen LogP contribution < -0.4 is 20.1 Å². The van der Waals surface area contributed by atoms with Gasteiger partial charge in [-0.3, -0.25) is 28.9 Å². The number of allylic oxidation sites excluding steroid dienone is 1. The van der Waals surface area contributed by atoms with Crippen LogP contribution in [0.5, 0.6) is 5.88 Å². The van der Waals surface area contributed by atoms with Crippen molar-refractivity contribution in [2.75, 3.05) is 6.54 Å². The number of pyridine rings is 1. The second-order valence-corrected chi connectivity index (χ2v) is 17.0. The van der Waals surface area contributed by atoms with Crippen molar-refractivity contribution in [2.45, 2.75) is 87.3 Å². The van der Waals surface area contributed by atoms with E-state index < -0.39 is 68.5 Å². The number of rotatable bonds is 7. The number of aryl methyl sites for hydroxylation is 1. The van der Waals surface area contributed by atoms with Crippen LogP contribution in [-0.2, 0) is 24.4 Å². The first-order chi connectivity index (χ1) is 27.0. The molecule has 2 aliphatic heterocycles. The van der Waals surface area contributed by atoms with Gasteiger partial charge in [-0.1, -0.05) is 73.5 Å². The number of benzene rings is 2. The van der Waals surface area contributed by atoms with Gasteiger partial charge >= 0.3 is 0 Å². The van der Waals surface area contributed by atoms with Crippen LogP contribution >= 0.6 is 0 Å². The van der Waals surface area contributed by atoms with Crippen molar-refractivity contribution < 1.29 is 32.3 Å². The Kier molecular flexibility index (Phi) is 10.0. The Bertz CT molecular complexity index is 2380. The van der Waals surface area contributed by atoms with E-state index >= 15 is 0 Å². The van der Waals surface area contributed by atoms with Gasteiger partial charge in [0.1, 0.15) is 29.4 Å². The normalized spacial score (nSPS) is 26.2. The maximum atomic E-state index is 14.7. The molecule has 4 heterocycles. The van der Waals surface area contributed by atoms with Crippen LogP contribution in [0.25, 0.3) is 21.7 Å². The molecule has 56 heavy (non-hydrogen) atoms. The average molecular weight is 778 g/mol. The summed E-state index contributed by atoms with van der Waals surface area (Å²) in [6.45, 7) is 1.73. The van der Waals surface area contributed by atoms with Crippen LogP contribution in [-0.4, -0.2) is 87.4 Å². The van der Waals surface area contributed by atoms with Crippen molar-refractivity contribution in [1.29, 1.82) is 0 Å². The molecule has 14 nitrogen and oxygen atoms in total. The molecule has 15 heteroatoms. The lowest BCUT2D eigenvalue weighted by atomic mass is 9.73. The van der Waals surface area contributed by atoms with Crippen molar-refractivity contribution in [3.63, 3.8) is 0 Å². The van der Waals surface area contributed by atoms with Gasteiger partial charge in [-0.2, -0.15) is 0 Å². The first-order valence-electron chi connectivity index (χ1n) is 19.1. The lowest BCUT2D eigenvalue weighted by Gasteiger charge is -2.42. The number of amides is 4. The fraction of sp³-hybridized carbons (Fsp3) is 0.390. The molecule has 4 aromatic rings. The first-order valence-corrected chi connectivity index (χ1v) is 20.7. The van der Waals surface area contributed by atoms with Crippen molar-refractivity contribution >= 4 is 55.3 Å². The van der Waals surface area contributed by atoms with Crippen LogP contribution in [0.3, 0.4) is 0 Å². The maximum Gasteiger partial charge on any atom is 0.272 e. The van der Waals surface area contributed by atoms with Gasteiger partial charge in [-0.25, -0.2) is 18.4 Å². The van der Waals surface area contributed by atoms with E-state index in [0.29, 0.717) is 43.7 Å². The molecule has 290 valence electrons. The predicted molar refractivity (Wildman–Crippen MR) is 208 cm³/mol. The summed E-state index contributed by atoms with van der Waals surface area (Å²) in [6, 6.07) is 13.3. The lowest BCUT2D eigenvalue weighted by Crippen LogP contribution is -2.67. The molecule has 2 fully saturated rings. The molecule has 3 N–H and O–H groups in total. The Morgan fingerprint density at radius 3 is 2.43 bits per heavy atom. The largest absolute Gasteiger partial charge is 0.472 e. The predicted octanol–water partition coefficient (Wildman–Crippen LogP) is 3.80. The molecule has 0 spiro atoms. The second kappa shape index (κ2) is 15.1. The zero-order chi connectivity index (χ0) is 39.0. The standard InChI is InChI=1S/C41H43N7O7S/c1-25-22-43-34(23-42-25)36(49)44-33-16-6-4-2-3-5-11-26-19-20-41(26,40(52)47-56(53,54)28-17-18-28)46-37(50)35-21-27(24-48(35)39(33)51)55-38-31-14-8-7-12-29(31)30-13-9-10-15-32(30)45-38/h5,7-15,19-20,22-23,26-28,33,35H,2-4,6,16-18,21,24H2,1H3,(H,44,49)(H,46,50)(H,47,52)/b11-5-/t26?,27-,33+,35+,41-/m1/s1. The highest BCUT2D eigenvalue weighted by molar-refractivity contribution is 7.91. The maximum absolute atomic E-state index is 14.7. The van der Waals surface area contributed by atoms with Gasteiger partial charge in [0.05, 0.1) is 29.2 Å². The molecular weight excluding hydrogens is 735 g/mol. The van der Waals surface area contributed by atoms with E-state index in [-0.39, 0.29) is 18.7 Å². The number of aromatic nitrogens is 3. The third kappa shape index (κ3) is 7.34. The summed E-state index contributed by atoms with van der Waals surface area (Å²) in [7, 11) is -3.94. The van der Waals surface area contributed by atoms with E-state index in [1.54, 1.807) is 13.0 Å². The van der Waals surface area contributed by atoms with Crippen LogP contribution in [0.15, 0.2) is 85.2 Å². The fourth-order valence-electron chi connectivity index (χ4n) is 7.71. The molecule has 4 aliphatic rings. The summed E-state index contributed by atoms with van der Waals surface area (Å²) in [5, 5.41) is 7.72. The zero-order valence-electron chi connectivity index (χ0n) is 30.9. The van der Waals surface area contributed by atoms with Gasteiger partial charge in [-0.05, 0) is 56.5 Å². The van der Waals surface area contributed by atoms with E-state index in [4.69, 9.17) is 9.72 Å². The van der Waals surface area contributed by atoms with Crippen LogP contribution in [0.2, 0.25) is 0 Å². The quantitative estimate of drug-likeness (QED) is 0.184. The summed E-state index contributed by atoms with van der Waals surface area (Å²) in [4.78, 5) is 71.3. The van der Waals surface area contributed by atoms with Gasteiger partial charge in [-0.15, -0.1) is 0 Å². The third-order valence-corrected chi connectivity index (χ3v) is 12.8. The van der Waals surface area contributed by atoms with E-state index in [0.717, 1.165) is 34.5 Å². The van der Waals surface area contributed by atoms with Gasteiger partial charge < -0.3 is 20.3 Å². The van der Waals surface area contributed by atoms with Crippen LogP contribution in [0.1, 0.15) is 67.5 Å². The molecule has 0 radical (unpaired) electrons. The monoisotopic (exact) mass is 777 g/mol. The molecule has 4 amide bonds. The first kappa shape index (κ1) is 37.2. The molecule has 2 aromatic carbocycles. The molecule has 1 saturated carbocycles. The summed E-state index contributed by atoms with van der Waals surface area (Å²) >= 11 is 0. The Hall–Kier alpha value is -5.70. The van der Waals surface area contributed by atoms with E-state index in [2.05, 4.69) is 25.3 Å². The number of carbonyl (C=O) groups is 4. The van der Waals surface area contributed by atoms with Crippen LogP contribution in [0.4, 0.5) is 0 Å². The molecule has 1 saturated heterocycles. The summed E-state index contributed by atoms with van der Waals surface area (Å²) in [5.41, 5.74) is -0.314. The smallest absolute Gasteiger partial charge is 0.272 e. The van der Waals surface area contributed by atoms with Gasteiger partial charge in [0, 0.05) is 29.3 Å². The van der Waals surface area contributed by atoms with Gasteiger partial charge in [0.2, 0.25) is 27.7 Å². The minimum absolute atomic E-state index is 0.0229. The molecule has 2 aliphatic carbocycles. The highest BCUT2D eigenvalue weighted by Gasteiger charge is 2.53. The van der Waals surface area contributed by atoms with Gasteiger partial charge in [0.25, 0.3) is 11.8 Å². The van der Waals surface area contributed by atoms with E-state index in [9.17, 15) is 27.6 Å². The number of nitrogens with one attached hydrogen (secondary N) is 3. The number of hydrogen-bond donors (Lipinski definition) is 3. The van der Waals surface area contributed by atoms with Crippen LogP contribution in [0, 0.1) is 12.8 Å². The summed E-state index contributed by atoms with van der Waals surface area (Å²) in [6.07, 6.45) is 13.1. The molecule has 5 atom stereocenters. The van der Waals surface area contributed by atoms with E-state index in [1.165, 1.54) is 23.4 Å². The highest BCUT2D eigenvalue weighted by atomic mass is 32.2. The molecular formula is C41H43N7O7S. The minimum Gasteiger partial charge on any atom is -0.472 e.